The topological polar surface area (TPSA) is 63.6 Å². The molecule has 1 fully saturated rings. The number of likely N-dealkylation sites (tertiary alicyclic amines) is 1. The summed E-state index contributed by atoms with van der Waals surface area (Å²) in [6, 6.07) is 5.79. The van der Waals surface area contributed by atoms with Crippen LogP contribution >= 0.6 is 0 Å². The number of rotatable bonds is 3. The van der Waals surface area contributed by atoms with Crippen LogP contribution in [0, 0.1) is 12.8 Å². The molecule has 2 N–H and O–H groups in total. The van der Waals surface area contributed by atoms with Crippen molar-refractivity contribution in [3.8, 4) is 0 Å². The second kappa shape index (κ2) is 6.18. The molecule has 0 aliphatic carbocycles. The summed E-state index contributed by atoms with van der Waals surface area (Å²) < 4.78 is 1.61. The Morgan fingerprint density at radius 1 is 1.41 bits per heavy atom. The molecule has 3 heterocycles. The maximum Gasteiger partial charge on any atom is 0.258 e. The molecule has 118 valence electrons. The molecule has 3 rings (SSSR count). The minimum absolute atomic E-state index is 0.00540. The summed E-state index contributed by atoms with van der Waals surface area (Å²) in [5, 5.41) is 0. The van der Waals surface area contributed by atoms with Crippen LogP contribution < -0.4 is 11.3 Å². The summed E-state index contributed by atoms with van der Waals surface area (Å²) in [6.07, 6.45) is 4.03. The van der Waals surface area contributed by atoms with E-state index in [4.69, 9.17) is 5.73 Å². The number of aryl methyl sites for hydroxylation is 1. The lowest BCUT2D eigenvalue weighted by molar-refractivity contribution is 0.164. The number of piperidine rings is 1. The second-order valence-corrected chi connectivity index (χ2v) is 6.44. The Hall–Kier alpha value is -1.72. The van der Waals surface area contributed by atoms with Gasteiger partial charge in [-0.2, -0.15) is 0 Å². The number of pyridine rings is 1. The molecule has 2 aromatic heterocycles. The average Bonchev–Trinajstić information content (AvgIpc) is 2.49. The first-order chi connectivity index (χ1) is 10.5. The van der Waals surface area contributed by atoms with E-state index in [2.05, 4.69) is 16.8 Å². The summed E-state index contributed by atoms with van der Waals surface area (Å²) in [6.45, 7) is 6.88. The van der Waals surface area contributed by atoms with Crippen LogP contribution in [0.3, 0.4) is 0 Å². The van der Waals surface area contributed by atoms with Gasteiger partial charge in [0.15, 0.2) is 0 Å². The fourth-order valence-electron chi connectivity index (χ4n) is 3.26. The normalized spacial score (nSPS) is 18.7. The molecule has 1 saturated heterocycles. The molecule has 0 radical (unpaired) electrons. The van der Waals surface area contributed by atoms with Gasteiger partial charge in [0.2, 0.25) is 0 Å². The predicted octanol–water partition coefficient (Wildman–Crippen LogP) is 1.56. The lowest BCUT2D eigenvalue weighted by atomic mass is 9.91. The van der Waals surface area contributed by atoms with E-state index in [0.717, 1.165) is 49.4 Å². The van der Waals surface area contributed by atoms with E-state index in [1.54, 1.807) is 16.7 Å². The molecule has 0 saturated carbocycles. The lowest BCUT2D eigenvalue weighted by Gasteiger charge is -2.33. The van der Waals surface area contributed by atoms with Crippen LogP contribution in [0.4, 0.5) is 0 Å². The third kappa shape index (κ3) is 3.05. The molecule has 5 nitrogen and oxygen atoms in total. The predicted molar refractivity (Wildman–Crippen MR) is 87.8 cm³/mol. The fraction of sp³-hybridized carbons (Fsp3) is 0.529. The Labute approximate surface area is 130 Å². The summed E-state index contributed by atoms with van der Waals surface area (Å²) in [4.78, 5) is 19.3. The lowest BCUT2D eigenvalue weighted by Crippen LogP contribution is -2.39. The highest BCUT2D eigenvalue weighted by molar-refractivity contribution is 5.46. The molecule has 22 heavy (non-hydrogen) atoms. The highest BCUT2D eigenvalue weighted by Crippen LogP contribution is 2.20. The summed E-state index contributed by atoms with van der Waals surface area (Å²) >= 11 is 0. The van der Waals surface area contributed by atoms with Crippen molar-refractivity contribution in [3.05, 3.63) is 46.0 Å². The van der Waals surface area contributed by atoms with Gasteiger partial charge >= 0.3 is 0 Å². The number of hydrogen-bond acceptors (Lipinski definition) is 4. The van der Waals surface area contributed by atoms with Gasteiger partial charge in [0.1, 0.15) is 5.65 Å². The first-order valence-corrected chi connectivity index (χ1v) is 8.00. The fourth-order valence-corrected chi connectivity index (χ4v) is 3.26. The summed E-state index contributed by atoms with van der Waals surface area (Å²) in [5.41, 5.74) is 8.63. The third-order valence-electron chi connectivity index (χ3n) is 4.70. The van der Waals surface area contributed by atoms with Crippen LogP contribution in [0.5, 0.6) is 0 Å². The second-order valence-electron chi connectivity index (χ2n) is 6.44. The zero-order valence-corrected chi connectivity index (χ0v) is 13.3. The molecule has 1 atom stereocenters. The number of nitrogens with zero attached hydrogens (tertiary/aromatic N) is 3. The number of hydrogen-bond donors (Lipinski definition) is 1. The van der Waals surface area contributed by atoms with Crippen LogP contribution in [-0.2, 0) is 6.54 Å². The average molecular weight is 300 g/mol. The zero-order valence-electron chi connectivity index (χ0n) is 13.3. The van der Waals surface area contributed by atoms with Crippen molar-refractivity contribution in [2.24, 2.45) is 11.7 Å². The molecule has 1 unspecified atom stereocenters. The largest absolute Gasteiger partial charge is 0.328 e. The van der Waals surface area contributed by atoms with E-state index < -0.39 is 0 Å². The molecule has 2 aromatic rings. The van der Waals surface area contributed by atoms with Crippen molar-refractivity contribution < 1.29 is 0 Å². The van der Waals surface area contributed by atoms with Gasteiger partial charge in [-0.1, -0.05) is 6.07 Å². The first-order valence-electron chi connectivity index (χ1n) is 8.00. The molecule has 0 spiro atoms. The van der Waals surface area contributed by atoms with Crippen LogP contribution in [0.1, 0.15) is 31.0 Å². The SMILES string of the molecule is Cc1cccn2c(=O)cc(CN3CCC(C(C)N)CC3)nc12. The quantitative estimate of drug-likeness (QED) is 0.934. The van der Waals surface area contributed by atoms with Crippen LogP contribution in [-0.4, -0.2) is 33.4 Å². The standard InChI is InChI=1S/C17H24N4O/c1-12-4-3-7-21-16(22)10-15(19-17(12)21)11-20-8-5-14(6-9-20)13(2)18/h3-4,7,10,13-14H,5-6,8-9,11,18H2,1-2H3. The maximum atomic E-state index is 12.2. The molecule has 0 bridgehead atoms. The molecular weight excluding hydrogens is 276 g/mol. The molecule has 1 aliphatic heterocycles. The van der Waals surface area contributed by atoms with Gasteiger partial charge in [-0.05, 0) is 57.3 Å². The Morgan fingerprint density at radius 2 is 2.14 bits per heavy atom. The van der Waals surface area contributed by atoms with E-state index in [-0.39, 0.29) is 11.6 Å². The zero-order chi connectivity index (χ0) is 15.7. The Morgan fingerprint density at radius 3 is 2.82 bits per heavy atom. The number of aromatic nitrogens is 2. The van der Waals surface area contributed by atoms with E-state index in [9.17, 15) is 4.79 Å². The van der Waals surface area contributed by atoms with Gasteiger partial charge in [0.05, 0.1) is 5.69 Å². The van der Waals surface area contributed by atoms with Crippen LogP contribution in [0.2, 0.25) is 0 Å². The van der Waals surface area contributed by atoms with E-state index >= 15 is 0 Å². The molecular formula is C17H24N4O. The highest BCUT2D eigenvalue weighted by Gasteiger charge is 2.22. The molecule has 1 aliphatic rings. The van der Waals surface area contributed by atoms with Crippen molar-refractivity contribution in [1.29, 1.82) is 0 Å². The van der Waals surface area contributed by atoms with Crippen molar-refractivity contribution in [2.75, 3.05) is 13.1 Å². The smallest absolute Gasteiger partial charge is 0.258 e. The van der Waals surface area contributed by atoms with Crippen LogP contribution in [0.15, 0.2) is 29.2 Å². The van der Waals surface area contributed by atoms with Gasteiger partial charge in [-0.15, -0.1) is 0 Å². The summed E-state index contributed by atoms with van der Waals surface area (Å²) in [5.74, 6) is 0.619. The number of fused-ring (bicyclic) bond motifs is 1. The molecule has 0 aromatic carbocycles. The highest BCUT2D eigenvalue weighted by atomic mass is 16.1. The molecule has 0 amide bonds. The van der Waals surface area contributed by atoms with Gasteiger partial charge in [-0.25, -0.2) is 4.98 Å². The third-order valence-corrected chi connectivity index (χ3v) is 4.70. The van der Waals surface area contributed by atoms with Gasteiger partial charge in [0.25, 0.3) is 5.56 Å². The summed E-state index contributed by atoms with van der Waals surface area (Å²) in [7, 11) is 0. The Balaban J connectivity index is 1.78. The maximum absolute atomic E-state index is 12.2. The first kappa shape index (κ1) is 15.2. The van der Waals surface area contributed by atoms with E-state index in [1.807, 2.05) is 19.1 Å². The van der Waals surface area contributed by atoms with Crippen molar-refractivity contribution in [2.45, 2.75) is 39.3 Å². The van der Waals surface area contributed by atoms with E-state index in [0.29, 0.717) is 5.92 Å². The van der Waals surface area contributed by atoms with Gasteiger partial charge in [-0.3, -0.25) is 14.1 Å². The Bertz CT molecular complexity index is 714. The van der Waals surface area contributed by atoms with Gasteiger partial charge < -0.3 is 5.73 Å². The minimum atomic E-state index is -0.00540. The molecule has 5 heteroatoms. The minimum Gasteiger partial charge on any atom is -0.328 e. The van der Waals surface area contributed by atoms with Crippen LogP contribution in [0.25, 0.3) is 5.65 Å². The Kier molecular flexibility index (Phi) is 4.27. The van der Waals surface area contributed by atoms with Crippen molar-refractivity contribution in [3.63, 3.8) is 0 Å². The van der Waals surface area contributed by atoms with Gasteiger partial charge in [0, 0.05) is 24.8 Å². The van der Waals surface area contributed by atoms with Crippen molar-refractivity contribution in [1.82, 2.24) is 14.3 Å². The number of nitrogens with two attached hydrogens (primary N) is 1. The monoisotopic (exact) mass is 300 g/mol. The van der Waals surface area contributed by atoms with Crippen molar-refractivity contribution >= 4 is 5.65 Å². The van der Waals surface area contributed by atoms with E-state index in [1.165, 1.54) is 0 Å².